The number of hydrogen-bond acceptors (Lipinski definition) is 19. The number of aliphatic hydroxyl groups excluding tert-OH is 1. The lowest BCUT2D eigenvalue weighted by Gasteiger charge is -2.29. The number of nitrogens with zero attached hydrogens (tertiary/aromatic N) is 8. The first-order valence-electron chi connectivity index (χ1n) is 17.9. The molecule has 3 unspecified atom stereocenters. The molecule has 0 saturated carbocycles. The number of ether oxygens (including phenoxy) is 3. The van der Waals surface area contributed by atoms with Crippen molar-refractivity contribution in [2.75, 3.05) is 31.7 Å². The van der Waals surface area contributed by atoms with Crippen LogP contribution in [0.1, 0.15) is 37.3 Å². The third kappa shape index (κ3) is 10.4. The number of imidazole rings is 1. The number of nitrogens with two attached hydrogens (primary N) is 2. The summed E-state index contributed by atoms with van der Waals surface area (Å²) in [5.74, 6) is -1.40. The summed E-state index contributed by atoms with van der Waals surface area (Å²) in [6.07, 6.45) is -1.51. The van der Waals surface area contributed by atoms with E-state index in [9.17, 15) is 38.4 Å². The van der Waals surface area contributed by atoms with E-state index in [1.54, 1.807) is 18.2 Å². The van der Waals surface area contributed by atoms with Crippen LogP contribution in [0.3, 0.4) is 0 Å². The number of carbonyl (C=O) groups excluding carboxylic acids is 2. The summed E-state index contributed by atoms with van der Waals surface area (Å²) in [7, 11) is -7.20. The maximum atomic E-state index is 14.1. The van der Waals surface area contributed by atoms with Gasteiger partial charge in [0.15, 0.2) is 23.8 Å². The molecular weight excluding hydrogens is 822 g/mol. The molecule has 318 valence electrons. The Morgan fingerprint density at radius 1 is 1.19 bits per heavy atom. The van der Waals surface area contributed by atoms with Crippen LogP contribution in [0.15, 0.2) is 66.9 Å². The Bertz CT molecular complexity index is 2270. The molecule has 0 aliphatic carbocycles. The number of amides is 1. The molecule has 2 saturated heterocycles. The molecule has 7 N–H and O–H groups in total. The number of nitrogen functional groups attached to an aromatic ring is 2. The lowest BCUT2D eigenvalue weighted by molar-refractivity contribution is -0.165. The fourth-order valence-electron chi connectivity index (χ4n) is 6.49. The SMILES string of the molecule is C=CCCC(=O)N(C)[C@@H](Cc1cccnc1)C(=O)OC1[C@@H](O)[C@H](n2cnc3c(N)ncnc32)O[C@@H]1COP(=O)(O)O[C@H]1C[C@H](n2ccc(N)nc2=O)O[C@@H]1CO[PH](=O)O. The summed E-state index contributed by atoms with van der Waals surface area (Å²) < 4.78 is 60.6. The molecule has 6 heterocycles. The number of phosphoric ester groups is 1. The first-order chi connectivity index (χ1) is 28.1. The Morgan fingerprint density at radius 3 is 2.69 bits per heavy atom. The van der Waals surface area contributed by atoms with E-state index in [-0.39, 0.29) is 42.1 Å². The zero-order chi connectivity index (χ0) is 42.4. The minimum absolute atomic E-state index is 0.0238. The van der Waals surface area contributed by atoms with Gasteiger partial charge in [-0.15, -0.1) is 6.58 Å². The van der Waals surface area contributed by atoms with Gasteiger partial charge >= 0.3 is 27.7 Å². The lowest BCUT2D eigenvalue weighted by atomic mass is 10.1. The van der Waals surface area contributed by atoms with Gasteiger partial charge in [-0.3, -0.25) is 32.5 Å². The number of pyridine rings is 1. The summed E-state index contributed by atoms with van der Waals surface area (Å²) in [5.41, 5.74) is 11.6. The van der Waals surface area contributed by atoms with E-state index in [4.69, 9.17) is 39.2 Å². The van der Waals surface area contributed by atoms with Crippen molar-refractivity contribution in [2.45, 2.75) is 74.7 Å². The highest BCUT2D eigenvalue weighted by Gasteiger charge is 2.50. The van der Waals surface area contributed by atoms with Crippen LogP contribution < -0.4 is 17.2 Å². The number of anilines is 2. The van der Waals surface area contributed by atoms with Gasteiger partial charge in [0.25, 0.3) is 0 Å². The van der Waals surface area contributed by atoms with Gasteiger partial charge in [-0.05, 0) is 24.1 Å². The molecule has 2 aliphatic heterocycles. The summed E-state index contributed by atoms with van der Waals surface area (Å²) in [5, 5.41) is 11.7. The fraction of sp³-hybridized carbons (Fsp3) is 0.455. The second-order valence-electron chi connectivity index (χ2n) is 13.3. The number of phosphoric acid groups is 1. The molecule has 0 aromatic carbocycles. The number of rotatable bonds is 18. The van der Waals surface area contributed by atoms with Crippen molar-refractivity contribution < 1.29 is 61.4 Å². The van der Waals surface area contributed by atoms with Crippen molar-refractivity contribution in [3.8, 4) is 0 Å². The molecule has 6 rings (SSSR count). The largest absolute Gasteiger partial charge is 0.472 e. The Hall–Kier alpha value is -5.00. The molecule has 24 nitrogen and oxygen atoms in total. The second kappa shape index (κ2) is 18.9. The van der Waals surface area contributed by atoms with Gasteiger partial charge in [0.2, 0.25) is 5.91 Å². The van der Waals surface area contributed by atoms with Crippen LogP contribution in [-0.2, 0) is 52.9 Å². The normalized spacial score (nSPS) is 25.0. The van der Waals surface area contributed by atoms with E-state index in [0.29, 0.717) is 12.0 Å². The van der Waals surface area contributed by atoms with Crippen molar-refractivity contribution in [3.05, 3.63) is 78.1 Å². The Kier molecular flexibility index (Phi) is 14.0. The van der Waals surface area contributed by atoms with Crippen LogP contribution in [0.5, 0.6) is 0 Å². The number of aromatic nitrogens is 7. The van der Waals surface area contributed by atoms with Crippen LogP contribution in [0.4, 0.5) is 11.6 Å². The van der Waals surface area contributed by atoms with E-state index < -0.39 is 95.9 Å². The average molecular weight is 865 g/mol. The average Bonchev–Trinajstić information content (AvgIpc) is 3.89. The summed E-state index contributed by atoms with van der Waals surface area (Å²) in [4.78, 5) is 81.2. The third-order valence-electron chi connectivity index (χ3n) is 9.45. The third-order valence-corrected chi connectivity index (χ3v) is 10.9. The molecule has 2 aliphatic rings. The maximum absolute atomic E-state index is 14.1. The molecule has 1 amide bonds. The second-order valence-corrected chi connectivity index (χ2v) is 15.6. The first kappa shape index (κ1) is 43.6. The number of esters is 1. The monoisotopic (exact) mass is 864 g/mol. The summed E-state index contributed by atoms with van der Waals surface area (Å²) in [6, 6.07) is 3.45. The minimum Gasteiger partial charge on any atom is -0.455 e. The molecule has 10 atom stereocenters. The maximum Gasteiger partial charge on any atom is 0.472 e. The van der Waals surface area contributed by atoms with Gasteiger partial charge < -0.3 is 50.0 Å². The Balaban J connectivity index is 1.24. The molecule has 26 heteroatoms. The summed E-state index contributed by atoms with van der Waals surface area (Å²) in [6.45, 7) is 2.22. The zero-order valence-electron chi connectivity index (χ0n) is 31.3. The molecular formula is C33H42N10O14P2. The zero-order valence-corrected chi connectivity index (χ0v) is 33.2. The van der Waals surface area contributed by atoms with Crippen LogP contribution in [-0.4, -0.2) is 123 Å². The minimum atomic E-state index is -5.14. The molecule has 0 radical (unpaired) electrons. The molecule has 59 heavy (non-hydrogen) atoms. The van der Waals surface area contributed by atoms with Crippen molar-refractivity contribution >= 4 is 50.8 Å². The predicted molar refractivity (Wildman–Crippen MR) is 203 cm³/mol. The van der Waals surface area contributed by atoms with Gasteiger partial charge in [0.05, 0.1) is 19.5 Å². The number of fused-ring (bicyclic) bond motifs is 1. The van der Waals surface area contributed by atoms with Crippen LogP contribution in [0.2, 0.25) is 0 Å². The quantitative estimate of drug-likeness (QED) is 0.0501. The highest BCUT2D eigenvalue weighted by Crippen LogP contribution is 2.49. The standard InChI is InChI=1S/C33H42N10O14P2/c1-3-4-7-24(44)41(2)19(11-18-6-5-9-36-13-18)32(46)56-28-22(55-31(27(28)45)43-17-39-26-29(35)37-16-38-30(26)43)15-53-59(50,51)57-20-12-25(54-21(20)14-52-58(48)49)42-10-8-23(34)40-33(42)47/h3,5-6,8-10,13,16-17,19-22,25,27-28,31,45,58H,1,4,7,11-12,14-15H2,2H3,(H,48,49)(H,50,51)(H2,34,40,47)(H2,35,37,38)/t19-,20-,21+,22+,25+,27+,28?,31+/m0/s1. The Morgan fingerprint density at radius 2 is 1.98 bits per heavy atom. The van der Waals surface area contributed by atoms with Crippen LogP contribution in [0, 0.1) is 0 Å². The van der Waals surface area contributed by atoms with Crippen molar-refractivity contribution in [1.82, 2.24) is 39.0 Å². The topological polar surface area (TPSA) is 331 Å². The number of hydrogen-bond donors (Lipinski definition) is 5. The fourth-order valence-corrected chi connectivity index (χ4v) is 7.76. The van der Waals surface area contributed by atoms with Gasteiger partial charge in [-0.25, -0.2) is 29.1 Å². The first-order valence-corrected chi connectivity index (χ1v) is 20.7. The van der Waals surface area contributed by atoms with Crippen molar-refractivity contribution in [3.63, 3.8) is 0 Å². The number of allylic oxidation sites excluding steroid dienone is 1. The summed E-state index contributed by atoms with van der Waals surface area (Å²) >= 11 is 0. The molecule has 4 aromatic rings. The van der Waals surface area contributed by atoms with Gasteiger partial charge in [0, 0.05) is 44.9 Å². The molecule has 4 aromatic heterocycles. The highest BCUT2D eigenvalue weighted by atomic mass is 31.2. The van der Waals surface area contributed by atoms with Crippen molar-refractivity contribution in [1.29, 1.82) is 0 Å². The molecule has 0 spiro atoms. The number of carbonyl (C=O) groups is 2. The van der Waals surface area contributed by atoms with E-state index in [0.717, 1.165) is 10.9 Å². The van der Waals surface area contributed by atoms with Gasteiger partial charge in [-0.1, -0.05) is 12.1 Å². The lowest BCUT2D eigenvalue weighted by Crippen LogP contribution is -2.48. The highest BCUT2D eigenvalue weighted by molar-refractivity contribution is 7.47. The van der Waals surface area contributed by atoms with Crippen LogP contribution in [0.25, 0.3) is 11.2 Å². The number of aliphatic hydroxyl groups is 1. The van der Waals surface area contributed by atoms with Crippen LogP contribution >= 0.6 is 16.1 Å². The van der Waals surface area contributed by atoms with E-state index in [2.05, 4.69) is 31.5 Å². The van der Waals surface area contributed by atoms with E-state index in [1.807, 2.05) is 0 Å². The van der Waals surface area contributed by atoms with E-state index >= 15 is 0 Å². The van der Waals surface area contributed by atoms with E-state index in [1.165, 1.54) is 47.5 Å². The van der Waals surface area contributed by atoms with Crippen molar-refractivity contribution in [2.24, 2.45) is 0 Å². The smallest absolute Gasteiger partial charge is 0.455 e. The predicted octanol–water partition coefficient (Wildman–Crippen LogP) is 0.0369. The number of likely N-dealkylation sites (N-methyl/N-ethyl adjacent to an activating group) is 1. The Labute approximate surface area is 335 Å². The molecule has 0 bridgehead atoms. The van der Waals surface area contributed by atoms with Gasteiger partial charge in [0.1, 0.15) is 54.3 Å². The molecule has 2 fully saturated rings. The van der Waals surface area contributed by atoms with Gasteiger partial charge in [-0.2, -0.15) is 4.98 Å².